The Labute approximate surface area is 104 Å². The normalized spacial score (nSPS) is 13.1. The Balaban J connectivity index is 2.87. The zero-order valence-electron chi connectivity index (χ0n) is 10.1. The van der Waals surface area contributed by atoms with Crippen LogP contribution in [0.4, 0.5) is 0 Å². The van der Waals surface area contributed by atoms with Crippen molar-refractivity contribution in [1.29, 1.82) is 0 Å². The fraction of sp³-hybridized carbons (Fsp3) is 0.500. The van der Waals surface area contributed by atoms with Gasteiger partial charge in [-0.2, -0.15) is 0 Å². The molecular formula is C12H19ClO2Si. The minimum Gasteiger partial charge on any atom is -0.400 e. The average Bonchev–Trinajstić information content (AvgIpc) is 2.31. The molecule has 0 aliphatic carbocycles. The van der Waals surface area contributed by atoms with Gasteiger partial charge in [0.2, 0.25) is 0 Å². The standard InChI is InChI=1S/C12H19ClO2Si/c1-4-5-12(16(14-2)15-3)10-6-8-11(13)9-7-10/h6-9,12,16H,4-5H2,1-3H3. The van der Waals surface area contributed by atoms with Crippen LogP contribution in [0.25, 0.3) is 0 Å². The molecule has 0 N–H and O–H groups in total. The van der Waals surface area contributed by atoms with E-state index in [1.165, 1.54) is 5.56 Å². The molecule has 0 amide bonds. The molecule has 2 nitrogen and oxygen atoms in total. The first-order valence-corrected chi connectivity index (χ1v) is 7.52. The lowest BCUT2D eigenvalue weighted by molar-refractivity contribution is 0.264. The van der Waals surface area contributed by atoms with Gasteiger partial charge in [-0.15, -0.1) is 0 Å². The first kappa shape index (κ1) is 13.7. The molecule has 0 aliphatic heterocycles. The summed E-state index contributed by atoms with van der Waals surface area (Å²) in [4.78, 5) is 0. The van der Waals surface area contributed by atoms with Crippen LogP contribution in [-0.4, -0.2) is 23.5 Å². The van der Waals surface area contributed by atoms with E-state index in [0.717, 1.165) is 17.9 Å². The topological polar surface area (TPSA) is 18.5 Å². The monoisotopic (exact) mass is 258 g/mol. The average molecular weight is 259 g/mol. The fourth-order valence-corrected chi connectivity index (χ4v) is 4.02. The third kappa shape index (κ3) is 3.59. The van der Waals surface area contributed by atoms with E-state index in [1.807, 2.05) is 12.1 Å². The zero-order valence-corrected chi connectivity index (χ0v) is 12.0. The maximum Gasteiger partial charge on any atom is 0.328 e. The van der Waals surface area contributed by atoms with Crippen molar-refractivity contribution in [2.24, 2.45) is 0 Å². The maximum absolute atomic E-state index is 5.89. The van der Waals surface area contributed by atoms with Gasteiger partial charge >= 0.3 is 9.28 Å². The van der Waals surface area contributed by atoms with Crippen molar-refractivity contribution in [3.05, 3.63) is 34.9 Å². The largest absolute Gasteiger partial charge is 0.400 e. The Morgan fingerprint density at radius 3 is 2.19 bits per heavy atom. The van der Waals surface area contributed by atoms with Gasteiger partial charge in [-0.3, -0.25) is 0 Å². The van der Waals surface area contributed by atoms with E-state index in [0.29, 0.717) is 5.54 Å². The molecule has 0 heterocycles. The molecule has 0 spiro atoms. The number of halogens is 1. The minimum atomic E-state index is -1.61. The Bertz CT molecular complexity index is 298. The van der Waals surface area contributed by atoms with Gasteiger partial charge in [-0.05, 0) is 24.1 Å². The molecule has 0 saturated heterocycles. The Morgan fingerprint density at radius 2 is 1.75 bits per heavy atom. The van der Waals surface area contributed by atoms with E-state index in [2.05, 4.69) is 19.1 Å². The van der Waals surface area contributed by atoms with Gasteiger partial charge in [0, 0.05) is 24.8 Å². The molecule has 0 radical (unpaired) electrons. The van der Waals surface area contributed by atoms with Crippen molar-refractivity contribution >= 4 is 20.9 Å². The summed E-state index contributed by atoms with van der Waals surface area (Å²) in [6.45, 7) is 2.18. The highest BCUT2D eigenvalue weighted by molar-refractivity contribution is 6.46. The van der Waals surface area contributed by atoms with Gasteiger partial charge in [-0.25, -0.2) is 0 Å². The molecule has 1 atom stereocenters. The van der Waals surface area contributed by atoms with Crippen LogP contribution in [-0.2, 0) is 8.85 Å². The van der Waals surface area contributed by atoms with Crippen LogP contribution in [0.1, 0.15) is 30.9 Å². The van der Waals surface area contributed by atoms with E-state index < -0.39 is 9.28 Å². The number of hydrogen-bond donors (Lipinski definition) is 0. The summed E-state index contributed by atoms with van der Waals surface area (Å²) in [5, 5.41) is 0.770. The third-order valence-electron chi connectivity index (χ3n) is 2.69. The van der Waals surface area contributed by atoms with E-state index in [9.17, 15) is 0 Å². The van der Waals surface area contributed by atoms with Crippen molar-refractivity contribution in [3.8, 4) is 0 Å². The van der Waals surface area contributed by atoms with Crippen LogP contribution >= 0.6 is 11.6 Å². The first-order valence-electron chi connectivity index (χ1n) is 5.54. The van der Waals surface area contributed by atoms with E-state index in [4.69, 9.17) is 20.5 Å². The molecule has 90 valence electrons. The lowest BCUT2D eigenvalue weighted by atomic mass is 10.1. The molecule has 0 fully saturated rings. The number of hydrogen-bond acceptors (Lipinski definition) is 2. The Kier molecular flexibility index (Phi) is 6.06. The highest BCUT2D eigenvalue weighted by Crippen LogP contribution is 2.26. The molecular weight excluding hydrogens is 240 g/mol. The highest BCUT2D eigenvalue weighted by atomic mass is 35.5. The van der Waals surface area contributed by atoms with Crippen LogP contribution < -0.4 is 0 Å². The molecule has 1 rings (SSSR count). The van der Waals surface area contributed by atoms with Gasteiger partial charge in [0.05, 0.1) is 0 Å². The van der Waals surface area contributed by atoms with Gasteiger partial charge in [0.15, 0.2) is 0 Å². The molecule has 0 aromatic heterocycles. The lowest BCUT2D eigenvalue weighted by Crippen LogP contribution is -2.28. The number of rotatable bonds is 6. The summed E-state index contributed by atoms with van der Waals surface area (Å²) in [5.41, 5.74) is 1.67. The molecule has 1 unspecified atom stereocenters. The first-order chi connectivity index (χ1) is 7.72. The molecule has 16 heavy (non-hydrogen) atoms. The van der Waals surface area contributed by atoms with Gasteiger partial charge in [-0.1, -0.05) is 37.1 Å². The van der Waals surface area contributed by atoms with E-state index >= 15 is 0 Å². The second-order valence-electron chi connectivity index (χ2n) is 3.79. The summed E-state index contributed by atoms with van der Waals surface area (Å²) in [5.74, 6) is 0. The fourth-order valence-electron chi connectivity index (χ4n) is 1.91. The van der Waals surface area contributed by atoms with Gasteiger partial charge in [0.25, 0.3) is 0 Å². The van der Waals surface area contributed by atoms with Gasteiger partial charge < -0.3 is 8.85 Å². The molecule has 0 saturated carbocycles. The van der Waals surface area contributed by atoms with Crippen molar-refractivity contribution in [1.82, 2.24) is 0 Å². The zero-order chi connectivity index (χ0) is 12.0. The van der Waals surface area contributed by atoms with Crippen LogP contribution in [0.3, 0.4) is 0 Å². The van der Waals surface area contributed by atoms with Crippen LogP contribution in [0.15, 0.2) is 24.3 Å². The SMILES string of the molecule is CCCC(c1ccc(Cl)cc1)[SiH](OC)OC. The maximum atomic E-state index is 5.89. The van der Waals surface area contributed by atoms with Gasteiger partial charge in [0.1, 0.15) is 0 Å². The third-order valence-corrected chi connectivity index (χ3v) is 5.25. The minimum absolute atomic E-state index is 0.400. The quantitative estimate of drug-likeness (QED) is 0.729. The predicted molar refractivity (Wildman–Crippen MR) is 70.3 cm³/mol. The summed E-state index contributed by atoms with van der Waals surface area (Å²) in [6, 6.07) is 7.99. The predicted octanol–water partition coefficient (Wildman–Crippen LogP) is 3.28. The van der Waals surface area contributed by atoms with Crippen LogP contribution in [0, 0.1) is 0 Å². The van der Waals surface area contributed by atoms with E-state index in [-0.39, 0.29) is 0 Å². The van der Waals surface area contributed by atoms with Crippen molar-refractivity contribution in [2.75, 3.05) is 14.2 Å². The van der Waals surface area contributed by atoms with Crippen molar-refractivity contribution < 1.29 is 8.85 Å². The van der Waals surface area contributed by atoms with Crippen LogP contribution in [0.5, 0.6) is 0 Å². The second-order valence-corrected chi connectivity index (χ2v) is 6.71. The summed E-state index contributed by atoms with van der Waals surface area (Å²) >= 11 is 5.89. The van der Waals surface area contributed by atoms with Crippen LogP contribution in [0.2, 0.25) is 5.02 Å². The smallest absolute Gasteiger partial charge is 0.328 e. The summed E-state index contributed by atoms with van der Waals surface area (Å²) < 4.78 is 11.0. The second kappa shape index (κ2) is 7.07. The highest BCUT2D eigenvalue weighted by Gasteiger charge is 2.25. The molecule has 0 bridgehead atoms. The molecule has 1 aromatic carbocycles. The summed E-state index contributed by atoms with van der Waals surface area (Å²) in [6.07, 6.45) is 2.23. The Hall–Kier alpha value is -0.353. The molecule has 1 aromatic rings. The molecule has 0 aliphatic rings. The molecule has 4 heteroatoms. The summed E-state index contributed by atoms with van der Waals surface area (Å²) in [7, 11) is 1.86. The van der Waals surface area contributed by atoms with Crippen molar-refractivity contribution in [2.45, 2.75) is 25.3 Å². The van der Waals surface area contributed by atoms with E-state index in [1.54, 1.807) is 14.2 Å². The Morgan fingerprint density at radius 1 is 1.19 bits per heavy atom. The lowest BCUT2D eigenvalue weighted by Gasteiger charge is -2.22. The van der Waals surface area contributed by atoms with Crippen molar-refractivity contribution in [3.63, 3.8) is 0 Å². The number of benzene rings is 1.